The topological polar surface area (TPSA) is 73.6 Å². The van der Waals surface area contributed by atoms with E-state index in [1.165, 1.54) is 25.9 Å². The monoisotopic (exact) mass is 461 g/mol. The van der Waals surface area contributed by atoms with E-state index in [-0.39, 0.29) is 11.9 Å². The van der Waals surface area contributed by atoms with E-state index in [1.807, 2.05) is 14.1 Å². The molecule has 0 aromatic carbocycles. The van der Waals surface area contributed by atoms with Crippen LogP contribution in [0, 0.1) is 23.7 Å². The molecule has 32 heavy (non-hydrogen) atoms. The average molecular weight is 462 g/mol. The van der Waals surface area contributed by atoms with Crippen molar-refractivity contribution in [2.24, 2.45) is 30.7 Å². The van der Waals surface area contributed by atoms with E-state index in [2.05, 4.69) is 28.1 Å². The summed E-state index contributed by atoms with van der Waals surface area (Å²) in [5.41, 5.74) is -0.174. The first-order valence-electron chi connectivity index (χ1n) is 12.4. The molecule has 6 rings (SSSR count). The van der Waals surface area contributed by atoms with Crippen LogP contribution in [0.25, 0.3) is 0 Å². The Balaban J connectivity index is 1.23. The van der Waals surface area contributed by atoms with Crippen LogP contribution in [0.1, 0.15) is 61.9 Å². The highest BCUT2D eigenvalue weighted by molar-refractivity contribution is 6.36. The van der Waals surface area contributed by atoms with Gasteiger partial charge in [-0.25, -0.2) is 0 Å². The Morgan fingerprint density at radius 1 is 1.28 bits per heavy atom. The fraction of sp³-hybridized carbons (Fsp3) is 0.826. The second-order valence-electron chi connectivity index (χ2n) is 11.3. The number of hydrogen-bond acceptors (Lipinski definition) is 5. The largest absolute Gasteiger partial charge is 0.390 e. The first kappa shape index (κ1) is 22.5. The first-order valence-corrected chi connectivity index (χ1v) is 12.8. The minimum Gasteiger partial charge on any atom is -0.390 e. The molecule has 1 saturated heterocycles. The Kier molecular flexibility index (Phi) is 6.00. The Morgan fingerprint density at radius 2 is 1.94 bits per heavy atom. The lowest BCUT2D eigenvalue weighted by Gasteiger charge is -2.58. The third kappa shape index (κ3) is 4.18. The highest BCUT2D eigenvalue weighted by Gasteiger charge is 2.55. The lowest BCUT2D eigenvalue weighted by Crippen LogP contribution is -2.61. The molecule has 0 spiro atoms. The van der Waals surface area contributed by atoms with Gasteiger partial charge in [0.05, 0.1) is 5.60 Å². The number of rotatable bonds is 6. The molecule has 2 unspecified atom stereocenters. The third-order valence-corrected chi connectivity index (χ3v) is 9.13. The van der Waals surface area contributed by atoms with Gasteiger partial charge in [0.15, 0.2) is 13.7 Å². The van der Waals surface area contributed by atoms with Crippen LogP contribution in [0.2, 0.25) is 5.02 Å². The van der Waals surface area contributed by atoms with Gasteiger partial charge in [0.1, 0.15) is 10.8 Å². The van der Waals surface area contributed by atoms with Crippen molar-refractivity contribution in [3.8, 4) is 0 Å². The summed E-state index contributed by atoms with van der Waals surface area (Å²) in [4.78, 5) is 17.7. The Labute approximate surface area is 197 Å². The quantitative estimate of drug-likeness (QED) is 0.632. The molecule has 5 fully saturated rings. The zero-order chi connectivity index (χ0) is 22.6. The highest BCUT2D eigenvalue weighted by Crippen LogP contribution is 2.55. The zero-order valence-corrected chi connectivity index (χ0v) is 20.4. The number of nitrogens with zero attached hydrogens (tertiary/aromatic N) is 4. The molecule has 1 amide bonds. The first-order chi connectivity index (χ1) is 15.2. The molecule has 0 radical (unpaired) electrons. The van der Waals surface area contributed by atoms with Gasteiger partial charge in [-0.1, -0.05) is 11.6 Å². The van der Waals surface area contributed by atoms with E-state index in [0.29, 0.717) is 28.5 Å². The van der Waals surface area contributed by atoms with Gasteiger partial charge in [0, 0.05) is 26.7 Å². The van der Waals surface area contributed by atoms with E-state index >= 15 is 0 Å². The van der Waals surface area contributed by atoms with Crippen molar-refractivity contribution < 1.29 is 9.90 Å². The van der Waals surface area contributed by atoms with Crippen LogP contribution in [0.3, 0.4) is 0 Å². The van der Waals surface area contributed by atoms with Crippen LogP contribution in [0.15, 0.2) is 0 Å². The lowest BCUT2D eigenvalue weighted by atomic mass is 9.52. The van der Waals surface area contributed by atoms with Crippen LogP contribution in [-0.2, 0) is 7.05 Å². The summed E-state index contributed by atoms with van der Waals surface area (Å²) in [5, 5.41) is 19.0. The standard InChI is InChI=1S/C23H37BClN5O2/c1-28(6-3-14-4-7-30(24)8-5-14)22-18(25)20(27-29(22)2)21(31)26-19-16-9-15-10-17(19)13-23(32,11-15)12-16/h14-17,19,32H,3-13,24H2,1-2H3,(H,26,31)/t15?,16?,17?,19-,23-. The van der Waals surface area contributed by atoms with Crippen LogP contribution < -0.4 is 10.2 Å². The van der Waals surface area contributed by atoms with E-state index in [4.69, 9.17) is 11.6 Å². The molecule has 9 heteroatoms. The number of carbonyl (C=O) groups excluding carboxylic acids is 1. The van der Waals surface area contributed by atoms with Crippen molar-refractivity contribution in [3.63, 3.8) is 0 Å². The molecule has 4 aliphatic carbocycles. The summed E-state index contributed by atoms with van der Waals surface area (Å²) in [5.74, 6) is 2.74. The normalized spacial score (nSPS) is 34.8. The second kappa shape index (κ2) is 8.51. The van der Waals surface area contributed by atoms with Crippen molar-refractivity contribution in [1.82, 2.24) is 19.9 Å². The van der Waals surface area contributed by atoms with Gasteiger partial charge in [-0.2, -0.15) is 5.10 Å². The summed E-state index contributed by atoms with van der Waals surface area (Å²) in [6.07, 6.45) is 8.42. The van der Waals surface area contributed by atoms with Crippen LogP contribution in [-0.4, -0.2) is 71.9 Å². The molecule has 176 valence electrons. The van der Waals surface area contributed by atoms with Crippen molar-refractivity contribution in [2.75, 3.05) is 31.6 Å². The number of anilines is 1. The van der Waals surface area contributed by atoms with Gasteiger partial charge in [-0.3, -0.25) is 9.48 Å². The Hall–Kier alpha value is -1.25. The molecule has 2 N–H and O–H groups in total. The molecule has 2 atom stereocenters. The SMILES string of the molecule is BN1CCC(CCN(C)c2c(Cl)c(C(=O)N[C@H]3C4CC5CC3C[C@](O)(C5)C4)nn2C)CC1. The number of piperidine rings is 1. The Morgan fingerprint density at radius 3 is 2.56 bits per heavy atom. The lowest BCUT2D eigenvalue weighted by molar-refractivity contribution is -0.136. The number of aryl methyl sites for hydroxylation is 1. The minimum absolute atomic E-state index is 0.128. The predicted octanol–water partition coefficient (Wildman–Crippen LogP) is 1.83. The van der Waals surface area contributed by atoms with Gasteiger partial charge in [0.2, 0.25) is 0 Å². The van der Waals surface area contributed by atoms with Gasteiger partial charge in [0.25, 0.3) is 5.91 Å². The summed E-state index contributed by atoms with van der Waals surface area (Å²) < 4.78 is 1.74. The summed E-state index contributed by atoms with van der Waals surface area (Å²) >= 11 is 6.72. The van der Waals surface area contributed by atoms with Gasteiger partial charge in [-0.05, 0) is 88.1 Å². The van der Waals surface area contributed by atoms with Crippen LogP contribution in [0.5, 0.6) is 0 Å². The molecule has 2 heterocycles. The van der Waals surface area contributed by atoms with Crippen molar-refractivity contribution in [1.29, 1.82) is 0 Å². The van der Waals surface area contributed by atoms with Crippen molar-refractivity contribution in [2.45, 2.75) is 63.0 Å². The maximum absolute atomic E-state index is 13.2. The smallest absolute Gasteiger partial charge is 0.273 e. The minimum atomic E-state index is -0.496. The number of nitrogens with one attached hydrogen (secondary N) is 1. The number of aromatic nitrogens is 2. The number of aliphatic hydroxyl groups is 1. The number of halogens is 1. The molecular weight excluding hydrogens is 425 g/mol. The third-order valence-electron chi connectivity index (χ3n) is 8.79. The molecule has 1 aromatic heterocycles. The highest BCUT2D eigenvalue weighted by atomic mass is 35.5. The maximum atomic E-state index is 13.2. The summed E-state index contributed by atoms with van der Waals surface area (Å²) in [6.45, 7) is 3.25. The van der Waals surface area contributed by atoms with Crippen LogP contribution in [0.4, 0.5) is 5.82 Å². The van der Waals surface area contributed by atoms with Crippen LogP contribution >= 0.6 is 11.6 Å². The predicted molar refractivity (Wildman–Crippen MR) is 129 cm³/mol. The molecule has 1 aromatic rings. The van der Waals surface area contributed by atoms with Gasteiger partial charge >= 0.3 is 0 Å². The molecule has 4 bridgehead atoms. The molecule has 1 aliphatic heterocycles. The summed E-state index contributed by atoms with van der Waals surface area (Å²) in [6, 6.07) is 0.128. The zero-order valence-electron chi connectivity index (χ0n) is 19.7. The van der Waals surface area contributed by atoms with Gasteiger partial charge in [-0.15, -0.1) is 0 Å². The molecular formula is C23H37BClN5O2. The fourth-order valence-electron chi connectivity index (χ4n) is 7.32. The number of hydrogen-bond donors (Lipinski definition) is 2. The van der Waals surface area contributed by atoms with E-state index in [0.717, 1.165) is 56.8 Å². The maximum Gasteiger partial charge on any atom is 0.273 e. The number of amides is 1. The van der Waals surface area contributed by atoms with Gasteiger partial charge < -0.3 is 20.1 Å². The second-order valence-corrected chi connectivity index (χ2v) is 11.6. The van der Waals surface area contributed by atoms with E-state index in [9.17, 15) is 9.90 Å². The fourth-order valence-corrected chi connectivity index (χ4v) is 7.71. The Bertz CT molecular complexity index is 855. The van der Waals surface area contributed by atoms with E-state index < -0.39 is 5.60 Å². The molecule has 7 nitrogen and oxygen atoms in total. The molecule has 5 aliphatic rings. The number of carbonyl (C=O) groups is 1. The summed E-state index contributed by atoms with van der Waals surface area (Å²) in [7, 11) is 6.09. The van der Waals surface area contributed by atoms with Crippen molar-refractivity contribution >= 4 is 31.3 Å². The van der Waals surface area contributed by atoms with Crippen molar-refractivity contribution in [3.05, 3.63) is 10.7 Å². The van der Waals surface area contributed by atoms with E-state index in [1.54, 1.807) is 4.68 Å². The molecule has 4 saturated carbocycles. The average Bonchev–Trinajstić information content (AvgIpc) is 3.03.